The SMILES string of the molecule is CCC(Cl)c1noc(-c2ccnn2C)n1. The molecule has 0 aliphatic rings. The van der Waals surface area contributed by atoms with Crippen LogP contribution in [0, 0.1) is 0 Å². The number of rotatable bonds is 3. The van der Waals surface area contributed by atoms with Crippen molar-refractivity contribution in [1.82, 2.24) is 19.9 Å². The second-order valence-corrected chi connectivity index (χ2v) is 3.70. The average Bonchev–Trinajstić information content (AvgIpc) is 2.84. The van der Waals surface area contributed by atoms with Gasteiger partial charge in [-0.05, 0) is 12.5 Å². The van der Waals surface area contributed by atoms with Gasteiger partial charge < -0.3 is 4.52 Å². The summed E-state index contributed by atoms with van der Waals surface area (Å²) < 4.78 is 6.78. The zero-order valence-electron chi connectivity index (χ0n) is 8.51. The third-order valence-corrected chi connectivity index (χ3v) is 2.62. The average molecular weight is 227 g/mol. The van der Waals surface area contributed by atoms with Crippen LogP contribution < -0.4 is 0 Å². The first-order valence-corrected chi connectivity index (χ1v) is 5.12. The van der Waals surface area contributed by atoms with E-state index in [2.05, 4.69) is 15.2 Å². The Morgan fingerprint density at radius 2 is 2.40 bits per heavy atom. The highest BCUT2D eigenvalue weighted by molar-refractivity contribution is 6.20. The Morgan fingerprint density at radius 1 is 1.60 bits per heavy atom. The minimum absolute atomic E-state index is 0.198. The summed E-state index contributed by atoms with van der Waals surface area (Å²) in [7, 11) is 1.82. The van der Waals surface area contributed by atoms with Crippen molar-refractivity contribution in [2.24, 2.45) is 7.05 Å². The molecule has 0 spiro atoms. The van der Waals surface area contributed by atoms with Gasteiger partial charge in [0.05, 0.1) is 5.38 Å². The molecule has 80 valence electrons. The highest BCUT2D eigenvalue weighted by Crippen LogP contribution is 2.23. The van der Waals surface area contributed by atoms with Gasteiger partial charge in [-0.3, -0.25) is 4.68 Å². The van der Waals surface area contributed by atoms with E-state index in [1.807, 2.05) is 20.0 Å². The Balaban J connectivity index is 2.32. The molecule has 0 aliphatic carbocycles. The van der Waals surface area contributed by atoms with Gasteiger partial charge in [-0.15, -0.1) is 11.6 Å². The lowest BCUT2D eigenvalue weighted by molar-refractivity contribution is 0.418. The first kappa shape index (κ1) is 10.2. The maximum absolute atomic E-state index is 6.00. The summed E-state index contributed by atoms with van der Waals surface area (Å²) in [5.74, 6) is 0.972. The van der Waals surface area contributed by atoms with Gasteiger partial charge in [0.25, 0.3) is 5.89 Å². The quantitative estimate of drug-likeness (QED) is 0.753. The van der Waals surface area contributed by atoms with Crippen LogP contribution in [-0.4, -0.2) is 19.9 Å². The van der Waals surface area contributed by atoms with Crippen LogP contribution in [0.1, 0.15) is 24.5 Å². The first-order chi connectivity index (χ1) is 7.22. The zero-order valence-corrected chi connectivity index (χ0v) is 9.27. The van der Waals surface area contributed by atoms with Crippen molar-refractivity contribution in [3.8, 4) is 11.6 Å². The van der Waals surface area contributed by atoms with E-state index in [-0.39, 0.29) is 5.38 Å². The van der Waals surface area contributed by atoms with Crippen LogP contribution in [0.4, 0.5) is 0 Å². The molecule has 0 aliphatic heterocycles. The van der Waals surface area contributed by atoms with Gasteiger partial charge in [0.15, 0.2) is 5.82 Å². The summed E-state index contributed by atoms with van der Waals surface area (Å²) in [5, 5.41) is 7.65. The molecule has 5 nitrogen and oxygen atoms in total. The summed E-state index contributed by atoms with van der Waals surface area (Å²) in [6.07, 6.45) is 2.45. The molecule has 0 saturated carbocycles. The van der Waals surface area contributed by atoms with Crippen molar-refractivity contribution in [2.75, 3.05) is 0 Å². The summed E-state index contributed by atoms with van der Waals surface area (Å²) in [6.45, 7) is 1.97. The number of aromatic nitrogens is 4. The standard InChI is InChI=1S/C9H11ClN4O/c1-3-6(10)8-12-9(15-13-8)7-4-5-11-14(7)2/h4-6H,3H2,1-2H3. The zero-order chi connectivity index (χ0) is 10.8. The Hall–Kier alpha value is -1.36. The molecule has 0 saturated heterocycles. The van der Waals surface area contributed by atoms with E-state index >= 15 is 0 Å². The topological polar surface area (TPSA) is 56.7 Å². The Morgan fingerprint density at radius 3 is 3.00 bits per heavy atom. The minimum Gasteiger partial charge on any atom is -0.332 e. The highest BCUT2D eigenvalue weighted by Gasteiger charge is 2.16. The summed E-state index contributed by atoms with van der Waals surface area (Å²) in [5.41, 5.74) is 0.786. The molecular formula is C9H11ClN4O. The van der Waals surface area contributed by atoms with Crippen LogP contribution in [0.3, 0.4) is 0 Å². The molecule has 0 aromatic carbocycles. The van der Waals surface area contributed by atoms with Gasteiger partial charge in [0.1, 0.15) is 5.69 Å². The van der Waals surface area contributed by atoms with Gasteiger partial charge >= 0.3 is 0 Å². The number of hydrogen-bond acceptors (Lipinski definition) is 4. The van der Waals surface area contributed by atoms with Crippen LogP contribution in [0.25, 0.3) is 11.6 Å². The van der Waals surface area contributed by atoms with E-state index in [4.69, 9.17) is 16.1 Å². The number of hydrogen-bond donors (Lipinski definition) is 0. The molecular weight excluding hydrogens is 216 g/mol. The molecule has 0 bridgehead atoms. The maximum Gasteiger partial charge on any atom is 0.276 e. The molecule has 2 rings (SSSR count). The number of halogens is 1. The van der Waals surface area contributed by atoms with Crippen molar-refractivity contribution in [3.63, 3.8) is 0 Å². The van der Waals surface area contributed by atoms with E-state index in [0.717, 1.165) is 12.1 Å². The Bertz CT molecular complexity index is 450. The fourth-order valence-corrected chi connectivity index (χ4v) is 1.32. The van der Waals surface area contributed by atoms with Crippen molar-refractivity contribution in [3.05, 3.63) is 18.1 Å². The first-order valence-electron chi connectivity index (χ1n) is 4.68. The lowest BCUT2D eigenvalue weighted by atomic mass is 10.3. The molecule has 0 amide bonds. The van der Waals surface area contributed by atoms with Crippen LogP contribution in [-0.2, 0) is 7.05 Å². The second kappa shape index (κ2) is 4.02. The minimum atomic E-state index is -0.198. The number of nitrogens with zero attached hydrogens (tertiary/aromatic N) is 4. The molecule has 15 heavy (non-hydrogen) atoms. The van der Waals surface area contributed by atoms with Gasteiger partial charge in [-0.1, -0.05) is 12.1 Å². The van der Waals surface area contributed by atoms with Gasteiger partial charge in [-0.25, -0.2) is 0 Å². The highest BCUT2D eigenvalue weighted by atomic mass is 35.5. The maximum atomic E-state index is 6.00. The van der Waals surface area contributed by atoms with Gasteiger partial charge in [0.2, 0.25) is 0 Å². The lowest BCUT2D eigenvalue weighted by Gasteiger charge is -1.96. The molecule has 2 aromatic rings. The van der Waals surface area contributed by atoms with E-state index < -0.39 is 0 Å². The van der Waals surface area contributed by atoms with Gasteiger partial charge in [0, 0.05) is 13.2 Å². The third-order valence-electron chi connectivity index (χ3n) is 2.12. The van der Waals surface area contributed by atoms with E-state index in [1.54, 1.807) is 10.9 Å². The monoisotopic (exact) mass is 226 g/mol. The fraction of sp³-hybridized carbons (Fsp3) is 0.444. The molecule has 0 radical (unpaired) electrons. The summed E-state index contributed by atoms with van der Waals surface area (Å²) >= 11 is 6.00. The van der Waals surface area contributed by atoms with Crippen LogP contribution in [0.2, 0.25) is 0 Å². The predicted molar refractivity (Wildman–Crippen MR) is 55.4 cm³/mol. The number of aryl methyl sites for hydroxylation is 1. The summed E-state index contributed by atoms with van der Waals surface area (Å²) in [4.78, 5) is 4.21. The van der Waals surface area contributed by atoms with E-state index in [1.165, 1.54) is 0 Å². The Kier molecular flexibility index (Phi) is 2.73. The molecule has 1 unspecified atom stereocenters. The molecule has 2 aromatic heterocycles. The fourth-order valence-electron chi connectivity index (χ4n) is 1.23. The van der Waals surface area contributed by atoms with Crippen LogP contribution in [0.5, 0.6) is 0 Å². The molecule has 2 heterocycles. The van der Waals surface area contributed by atoms with Crippen LogP contribution >= 0.6 is 11.6 Å². The largest absolute Gasteiger partial charge is 0.332 e. The smallest absolute Gasteiger partial charge is 0.276 e. The molecule has 6 heteroatoms. The normalized spacial score (nSPS) is 13.0. The Labute approximate surface area is 92.0 Å². The van der Waals surface area contributed by atoms with E-state index in [9.17, 15) is 0 Å². The van der Waals surface area contributed by atoms with Gasteiger partial charge in [-0.2, -0.15) is 10.1 Å². The van der Waals surface area contributed by atoms with E-state index in [0.29, 0.717) is 11.7 Å². The van der Waals surface area contributed by atoms with Crippen molar-refractivity contribution >= 4 is 11.6 Å². The summed E-state index contributed by atoms with van der Waals surface area (Å²) in [6, 6.07) is 1.81. The third kappa shape index (κ3) is 1.87. The van der Waals surface area contributed by atoms with Crippen LogP contribution in [0.15, 0.2) is 16.8 Å². The number of alkyl halides is 1. The predicted octanol–water partition coefficient (Wildman–Crippen LogP) is 2.16. The molecule has 1 atom stereocenters. The molecule has 0 N–H and O–H groups in total. The lowest BCUT2D eigenvalue weighted by Crippen LogP contribution is -1.94. The van der Waals surface area contributed by atoms with Crippen molar-refractivity contribution in [2.45, 2.75) is 18.7 Å². The second-order valence-electron chi connectivity index (χ2n) is 3.17. The molecule has 0 fully saturated rings. The van der Waals surface area contributed by atoms with Crippen molar-refractivity contribution in [1.29, 1.82) is 0 Å². The van der Waals surface area contributed by atoms with Crippen molar-refractivity contribution < 1.29 is 4.52 Å².